The van der Waals surface area contributed by atoms with Crippen molar-refractivity contribution in [2.45, 2.75) is 32.9 Å². The quantitative estimate of drug-likeness (QED) is 0.874. The van der Waals surface area contributed by atoms with Crippen molar-refractivity contribution in [1.82, 2.24) is 0 Å². The van der Waals surface area contributed by atoms with Gasteiger partial charge < -0.3 is 14.8 Å². The van der Waals surface area contributed by atoms with E-state index in [0.717, 1.165) is 11.3 Å². The molecule has 0 fully saturated rings. The lowest BCUT2D eigenvalue weighted by Crippen LogP contribution is -2.22. The van der Waals surface area contributed by atoms with E-state index >= 15 is 0 Å². The molecule has 0 spiro atoms. The van der Waals surface area contributed by atoms with Crippen LogP contribution in [0.4, 0.5) is 10.1 Å². The van der Waals surface area contributed by atoms with E-state index < -0.39 is 0 Å². The van der Waals surface area contributed by atoms with Gasteiger partial charge in [-0.15, -0.1) is 0 Å². The van der Waals surface area contributed by atoms with E-state index in [1.165, 1.54) is 13.2 Å². The summed E-state index contributed by atoms with van der Waals surface area (Å²) in [6, 6.07) is 12.5. The highest BCUT2D eigenvalue weighted by Gasteiger charge is 2.11. The van der Waals surface area contributed by atoms with E-state index in [0.29, 0.717) is 18.0 Å². The molecule has 0 heterocycles. The van der Waals surface area contributed by atoms with Gasteiger partial charge in [-0.2, -0.15) is 0 Å². The zero-order valence-electron chi connectivity index (χ0n) is 13.4. The molecule has 0 saturated carbocycles. The standard InChI is InChI=1S/C18H22FNO2/c1-18(2,3)22-14-7-5-13(6-8-14)12-20-17-10-9-15(21-4)11-16(17)19/h5-11,20H,12H2,1-4H3. The third kappa shape index (κ3) is 4.65. The Bertz CT molecular complexity index is 618. The highest BCUT2D eigenvalue weighted by atomic mass is 19.1. The molecule has 22 heavy (non-hydrogen) atoms. The predicted octanol–water partition coefficient (Wildman–Crippen LogP) is 4.62. The van der Waals surface area contributed by atoms with E-state index in [9.17, 15) is 4.39 Å². The number of hydrogen-bond acceptors (Lipinski definition) is 3. The van der Waals surface area contributed by atoms with E-state index in [1.54, 1.807) is 12.1 Å². The number of methoxy groups -OCH3 is 1. The normalized spacial score (nSPS) is 11.1. The summed E-state index contributed by atoms with van der Waals surface area (Å²) in [6.45, 7) is 6.57. The maximum Gasteiger partial charge on any atom is 0.149 e. The summed E-state index contributed by atoms with van der Waals surface area (Å²) in [5.41, 5.74) is 1.29. The molecule has 0 aromatic heterocycles. The number of halogens is 1. The Morgan fingerprint density at radius 1 is 1.00 bits per heavy atom. The van der Waals surface area contributed by atoms with Crippen molar-refractivity contribution < 1.29 is 13.9 Å². The number of benzene rings is 2. The lowest BCUT2D eigenvalue weighted by molar-refractivity contribution is 0.131. The van der Waals surface area contributed by atoms with Gasteiger partial charge in [0, 0.05) is 12.6 Å². The molecule has 3 nitrogen and oxygen atoms in total. The maximum absolute atomic E-state index is 13.8. The summed E-state index contributed by atoms with van der Waals surface area (Å²) in [6.07, 6.45) is 0. The van der Waals surface area contributed by atoms with Crippen LogP contribution in [0.1, 0.15) is 26.3 Å². The number of anilines is 1. The number of rotatable bonds is 5. The van der Waals surface area contributed by atoms with Crippen LogP contribution in [0.5, 0.6) is 11.5 Å². The molecule has 4 heteroatoms. The fourth-order valence-electron chi connectivity index (χ4n) is 1.99. The van der Waals surface area contributed by atoms with Crippen LogP contribution in [0.2, 0.25) is 0 Å². The minimum atomic E-state index is -0.327. The second-order valence-electron chi connectivity index (χ2n) is 6.06. The minimum Gasteiger partial charge on any atom is -0.497 e. The van der Waals surface area contributed by atoms with Crippen molar-refractivity contribution in [3.05, 3.63) is 53.8 Å². The summed E-state index contributed by atoms with van der Waals surface area (Å²) >= 11 is 0. The second kappa shape index (κ2) is 6.69. The van der Waals surface area contributed by atoms with Crippen LogP contribution in [0.15, 0.2) is 42.5 Å². The van der Waals surface area contributed by atoms with Gasteiger partial charge in [-0.05, 0) is 50.6 Å². The van der Waals surface area contributed by atoms with Crippen molar-refractivity contribution in [2.24, 2.45) is 0 Å². The minimum absolute atomic E-state index is 0.216. The Morgan fingerprint density at radius 3 is 2.18 bits per heavy atom. The molecule has 0 bridgehead atoms. The molecule has 2 aromatic carbocycles. The fraction of sp³-hybridized carbons (Fsp3) is 0.333. The van der Waals surface area contributed by atoms with Crippen LogP contribution in [0.3, 0.4) is 0 Å². The van der Waals surface area contributed by atoms with Gasteiger partial charge in [0.15, 0.2) is 0 Å². The van der Waals surface area contributed by atoms with Crippen molar-refractivity contribution in [3.8, 4) is 11.5 Å². The first-order valence-corrected chi connectivity index (χ1v) is 7.23. The Labute approximate surface area is 131 Å². The lowest BCUT2D eigenvalue weighted by Gasteiger charge is -2.21. The summed E-state index contributed by atoms with van der Waals surface area (Å²) in [5.74, 6) is 1.01. The molecular weight excluding hydrogens is 281 g/mol. The monoisotopic (exact) mass is 303 g/mol. The summed E-state index contributed by atoms with van der Waals surface area (Å²) < 4.78 is 24.6. The van der Waals surface area contributed by atoms with Crippen molar-refractivity contribution >= 4 is 5.69 Å². The van der Waals surface area contributed by atoms with Gasteiger partial charge in [-0.3, -0.25) is 0 Å². The second-order valence-corrected chi connectivity index (χ2v) is 6.06. The van der Waals surface area contributed by atoms with Gasteiger partial charge >= 0.3 is 0 Å². The smallest absolute Gasteiger partial charge is 0.149 e. The van der Waals surface area contributed by atoms with Gasteiger partial charge in [0.05, 0.1) is 12.8 Å². The number of hydrogen-bond donors (Lipinski definition) is 1. The van der Waals surface area contributed by atoms with Crippen molar-refractivity contribution in [1.29, 1.82) is 0 Å². The van der Waals surface area contributed by atoms with Crippen LogP contribution in [-0.4, -0.2) is 12.7 Å². The zero-order valence-corrected chi connectivity index (χ0v) is 13.4. The molecule has 118 valence electrons. The maximum atomic E-state index is 13.8. The van der Waals surface area contributed by atoms with Crippen LogP contribution in [-0.2, 0) is 6.54 Å². The molecule has 0 aliphatic heterocycles. The highest BCUT2D eigenvalue weighted by Crippen LogP contribution is 2.22. The average molecular weight is 303 g/mol. The molecule has 0 unspecified atom stereocenters. The third-order valence-electron chi connectivity index (χ3n) is 3.01. The first-order chi connectivity index (χ1) is 10.4. The summed E-state index contributed by atoms with van der Waals surface area (Å²) in [7, 11) is 1.52. The molecular formula is C18H22FNO2. The largest absolute Gasteiger partial charge is 0.497 e. The highest BCUT2D eigenvalue weighted by molar-refractivity contribution is 5.48. The van der Waals surface area contributed by atoms with E-state index in [1.807, 2.05) is 45.0 Å². The molecule has 0 atom stereocenters. The summed E-state index contributed by atoms with van der Waals surface area (Å²) in [5, 5.41) is 3.08. The Hall–Kier alpha value is -2.23. The molecule has 0 radical (unpaired) electrons. The van der Waals surface area contributed by atoms with Gasteiger partial charge in [0.25, 0.3) is 0 Å². The van der Waals surface area contributed by atoms with Crippen LogP contribution in [0, 0.1) is 5.82 Å². The van der Waals surface area contributed by atoms with Crippen LogP contribution >= 0.6 is 0 Å². The topological polar surface area (TPSA) is 30.5 Å². The molecule has 0 amide bonds. The molecule has 1 N–H and O–H groups in total. The SMILES string of the molecule is COc1ccc(NCc2ccc(OC(C)(C)C)cc2)c(F)c1. The summed E-state index contributed by atoms with van der Waals surface area (Å²) in [4.78, 5) is 0. The molecule has 2 aromatic rings. The third-order valence-corrected chi connectivity index (χ3v) is 3.01. The van der Waals surface area contributed by atoms with E-state index in [2.05, 4.69) is 5.32 Å². The van der Waals surface area contributed by atoms with E-state index in [4.69, 9.17) is 9.47 Å². The zero-order chi connectivity index (χ0) is 16.2. The van der Waals surface area contributed by atoms with E-state index in [-0.39, 0.29) is 11.4 Å². The Balaban J connectivity index is 1.97. The van der Waals surface area contributed by atoms with Gasteiger partial charge in [-0.1, -0.05) is 12.1 Å². The Kier molecular flexibility index (Phi) is 4.91. The fourth-order valence-corrected chi connectivity index (χ4v) is 1.99. The average Bonchev–Trinajstić information content (AvgIpc) is 2.46. The first-order valence-electron chi connectivity index (χ1n) is 7.23. The number of nitrogens with one attached hydrogen (secondary N) is 1. The van der Waals surface area contributed by atoms with Crippen molar-refractivity contribution in [2.75, 3.05) is 12.4 Å². The van der Waals surface area contributed by atoms with Crippen LogP contribution < -0.4 is 14.8 Å². The Morgan fingerprint density at radius 2 is 1.64 bits per heavy atom. The molecule has 0 aliphatic rings. The van der Waals surface area contributed by atoms with Gasteiger partial charge in [0.1, 0.15) is 22.9 Å². The lowest BCUT2D eigenvalue weighted by atomic mass is 10.1. The van der Waals surface area contributed by atoms with Gasteiger partial charge in [0.2, 0.25) is 0 Å². The molecule has 0 saturated heterocycles. The van der Waals surface area contributed by atoms with Crippen LogP contribution in [0.25, 0.3) is 0 Å². The number of ether oxygens (including phenoxy) is 2. The molecule has 2 rings (SSSR count). The van der Waals surface area contributed by atoms with Gasteiger partial charge in [-0.25, -0.2) is 4.39 Å². The molecule has 0 aliphatic carbocycles. The van der Waals surface area contributed by atoms with Crippen molar-refractivity contribution in [3.63, 3.8) is 0 Å². The first kappa shape index (κ1) is 16.1. The predicted molar refractivity (Wildman–Crippen MR) is 87.1 cm³/mol.